The second kappa shape index (κ2) is 4.50. The summed E-state index contributed by atoms with van der Waals surface area (Å²) in [5.41, 5.74) is 11.1. The molecule has 0 saturated carbocycles. The van der Waals surface area contributed by atoms with Crippen molar-refractivity contribution in [2.75, 3.05) is 0 Å². The molecule has 0 aliphatic carbocycles. The summed E-state index contributed by atoms with van der Waals surface area (Å²) in [6.07, 6.45) is 0. The second-order valence-corrected chi connectivity index (χ2v) is 4.30. The van der Waals surface area contributed by atoms with E-state index in [9.17, 15) is 0 Å². The molecule has 0 aromatic heterocycles. The van der Waals surface area contributed by atoms with E-state index in [-0.39, 0.29) is 6.04 Å². The van der Waals surface area contributed by atoms with Crippen molar-refractivity contribution >= 4 is 0 Å². The zero-order valence-corrected chi connectivity index (χ0v) is 9.77. The van der Waals surface area contributed by atoms with E-state index < -0.39 is 0 Å². The summed E-state index contributed by atoms with van der Waals surface area (Å²) in [5, 5.41) is 0. The monoisotopic (exact) mass is 211 g/mol. The van der Waals surface area contributed by atoms with Crippen molar-refractivity contribution in [3.63, 3.8) is 0 Å². The van der Waals surface area contributed by atoms with Crippen LogP contribution < -0.4 is 5.73 Å². The molecule has 0 spiro atoms. The molecule has 2 N–H and O–H groups in total. The van der Waals surface area contributed by atoms with E-state index in [2.05, 4.69) is 62.4 Å². The number of hydrogen-bond acceptors (Lipinski definition) is 1. The summed E-state index contributed by atoms with van der Waals surface area (Å²) in [6.45, 7) is 4.17. The Bertz CT molecular complexity index is 471. The van der Waals surface area contributed by atoms with Crippen LogP contribution in [0.15, 0.2) is 48.5 Å². The van der Waals surface area contributed by atoms with E-state index >= 15 is 0 Å². The third-order valence-corrected chi connectivity index (χ3v) is 2.84. The first kappa shape index (κ1) is 10.9. The molecule has 0 aliphatic rings. The quantitative estimate of drug-likeness (QED) is 0.810. The van der Waals surface area contributed by atoms with Crippen LogP contribution in [0.1, 0.15) is 28.3 Å². The molecule has 82 valence electrons. The highest BCUT2D eigenvalue weighted by Crippen LogP contribution is 2.20. The molecule has 1 heteroatoms. The molecule has 2 aromatic rings. The first-order valence-corrected chi connectivity index (χ1v) is 5.55. The van der Waals surface area contributed by atoms with Crippen LogP contribution in [0.4, 0.5) is 0 Å². The van der Waals surface area contributed by atoms with Gasteiger partial charge in [0, 0.05) is 0 Å². The van der Waals surface area contributed by atoms with Crippen LogP contribution in [0, 0.1) is 13.8 Å². The summed E-state index contributed by atoms with van der Waals surface area (Å²) in [7, 11) is 0. The Morgan fingerprint density at radius 1 is 0.812 bits per heavy atom. The summed E-state index contributed by atoms with van der Waals surface area (Å²) >= 11 is 0. The molecule has 2 aromatic carbocycles. The van der Waals surface area contributed by atoms with Gasteiger partial charge in [0.25, 0.3) is 0 Å². The van der Waals surface area contributed by atoms with Crippen molar-refractivity contribution in [3.8, 4) is 0 Å². The van der Waals surface area contributed by atoms with Crippen LogP contribution in [0.5, 0.6) is 0 Å². The van der Waals surface area contributed by atoms with Gasteiger partial charge in [-0.3, -0.25) is 0 Å². The topological polar surface area (TPSA) is 26.0 Å². The van der Waals surface area contributed by atoms with Crippen LogP contribution in [0.3, 0.4) is 0 Å². The van der Waals surface area contributed by atoms with Crippen molar-refractivity contribution < 1.29 is 0 Å². The fraction of sp³-hybridized carbons (Fsp3) is 0.200. The summed E-state index contributed by atoms with van der Waals surface area (Å²) in [4.78, 5) is 0. The third kappa shape index (κ3) is 2.31. The first-order valence-electron chi connectivity index (χ1n) is 5.55. The van der Waals surface area contributed by atoms with Gasteiger partial charge in [-0.2, -0.15) is 0 Å². The molecule has 0 aliphatic heterocycles. The molecule has 0 fully saturated rings. The largest absolute Gasteiger partial charge is 0.320 e. The van der Waals surface area contributed by atoms with Crippen molar-refractivity contribution in [1.82, 2.24) is 0 Å². The molecular weight excluding hydrogens is 194 g/mol. The van der Waals surface area contributed by atoms with Gasteiger partial charge in [0.1, 0.15) is 0 Å². The van der Waals surface area contributed by atoms with Gasteiger partial charge in [-0.15, -0.1) is 0 Å². The number of nitrogens with two attached hydrogens (primary N) is 1. The fourth-order valence-corrected chi connectivity index (χ4v) is 1.83. The Labute approximate surface area is 96.9 Å². The predicted octanol–water partition coefficient (Wildman–Crippen LogP) is 3.35. The zero-order chi connectivity index (χ0) is 11.5. The minimum absolute atomic E-state index is 0.0273. The SMILES string of the molecule is Cc1ccc([C@H](N)c2cccc(C)c2)cc1. The molecule has 2 rings (SSSR count). The lowest BCUT2D eigenvalue weighted by Crippen LogP contribution is -2.11. The summed E-state index contributed by atoms with van der Waals surface area (Å²) in [5.74, 6) is 0. The van der Waals surface area contributed by atoms with Crippen LogP contribution in [-0.2, 0) is 0 Å². The number of rotatable bonds is 2. The van der Waals surface area contributed by atoms with Gasteiger partial charge < -0.3 is 5.73 Å². The summed E-state index contributed by atoms with van der Waals surface area (Å²) in [6, 6.07) is 16.7. The van der Waals surface area contributed by atoms with Crippen molar-refractivity contribution in [1.29, 1.82) is 0 Å². The maximum absolute atomic E-state index is 6.24. The first-order chi connectivity index (χ1) is 7.66. The zero-order valence-electron chi connectivity index (χ0n) is 9.77. The number of hydrogen-bond donors (Lipinski definition) is 1. The Kier molecular flexibility index (Phi) is 3.07. The predicted molar refractivity (Wildman–Crippen MR) is 68.4 cm³/mol. The fourth-order valence-electron chi connectivity index (χ4n) is 1.83. The Hall–Kier alpha value is -1.60. The van der Waals surface area contributed by atoms with Crippen LogP contribution in [-0.4, -0.2) is 0 Å². The molecule has 0 saturated heterocycles. The molecule has 0 unspecified atom stereocenters. The third-order valence-electron chi connectivity index (χ3n) is 2.84. The normalized spacial score (nSPS) is 12.4. The van der Waals surface area contributed by atoms with Crippen LogP contribution in [0.2, 0.25) is 0 Å². The Balaban J connectivity index is 2.31. The molecule has 16 heavy (non-hydrogen) atoms. The average molecular weight is 211 g/mol. The van der Waals surface area contributed by atoms with Crippen LogP contribution in [0.25, 0.3) is 0 Å². The minimum Gasteiger partial charge on any atom is -0.320 e. The highest BCUT2D eigenvalue weighted by atomic mass is 14.6. The smallest absolute Gasteiger partial charge is 0.0551 e. The van der Waals surface area contributed by atoms with Gasteiger partial charge in [-0.05, 0) is 25.0 Å². The van der Waals surface area contributed by atoms with Crippen molar-refractivity contribution in [2.24, 2.45) is 5.73 Å². The number of aryl methyl sites for hydroxylation is 2. The van der Waals surface area contributed by atoms with Gasteiger partial charge in [0.05, 0.1) is 6.04 Å². The van der Waals surface area contributed by atoms with Crippen molar-refractivity contribution in [2.45, 2.75) is 19.9 Å². The lowest BCUT2D eigenvalue weighted by Gasteiger charge is -2.13. The van der Waals surface area contributed by atoms with E-state index in [0.717, 1.165) is 5.56 Å². The highest BCUT2D eigenvalue weighted by Gasteiger charge is 2.07. The highest BCUT2D eigenvalue weighted by molar-refractivity contribution is 5.34. The Morgan fingerprint density at radius 2 is 1.50 bits per heavy atom. The van der Waals surface area contributed by atoms with E-state index in [0.29, 0.717) is 0 Å². The molecule has 0 radical (unpaired) electrons. The van der Waals surface area contributed by atoms with Gasteiger partial charge in [-0.25, -0.2) is 0 Å². The van der Waals surface area contributed by atoms with Gasteiger partial charge in [0.2, 0.25) is 0 Å². The van der Waals surface area contributed by atoms with E-state index in [1.165, 1.54) is 16.7 Å². The van der Waals surface area contributed by atoms with E-state index in [4.69, 9.17) is 5.73 Å². The standard InChI is InChI=1S/C15H17N/c1-11-6-8-13(9-7-11)15(16)14-5-3-4-12(2)10-14/h3-10,15H,16H2,1-2H3/t15-/m0/s1. The summed E-state index contributed by atoms with van der Waals surface area (Å²) < 4.78 is 0. The van der Waals surface area contributed by atoms with Gasteiger partial charge in [-0.1, -0.05) is 59.7 Å². The minimum atomic E-state index is -0.0273. The maximum atomic E-state index is 6.24. The second-order valence-electron chi connectivity index (χ2n) is 4.30. The molecule has 0 amide bonds. The molecule has 0 bridgehead atoms. The van der Waals surface area contributed by atoms with Crippen molar-refractivity contribution in [3.05, 3.63) is 70.8 Å². The lowest BCUT2D eigenvalue weighted by molar-refractivity contribution is 0.869. The molecule has 1 atom stereocenters. The Morgan fingerprint density at radius 3 is 2.12 bits per heavy atom. The van der Waals surface area contributed by atoms with E-state index in [1.807, 2.05) is 0 Å². The van der Waals surface area contributed by atoms with Crippen LogP contribution >= 0.6 is 0 Å². The average Bonchev–Trinajstić information content (AvgIpc) is 2.29. The van der Waals surface area contributed by atoms with Gasteiger partial charge in [0.15, 0.2) is 0 Å². The van der Waals surface area contributed by atoms with E-state index in [1.54, 1.807) is 0 Å². The van der Waals surface area contributed by atoms with Gasteiger partial charge >= 0.3 is 0 Å². The number of benzene rings is 2. The molecular formula is C15H17N. The lowest BCUT2D eigenvalue weighted by atomic mass is 9.97. The molecule has 1 nitrogen and oxygen atoms in total. The molecule has 0 heterocycles. The maximum Gasteiger partial charge on any atom is 0.0551 e.